The third kappa shape index (κ3) is 3.31. The van der Waals surface area contributed by atoms with Crippen molar-refractivity contribution < 1.29 is 14.2 Å². The molecule has 6 heterocycles. The monoisotopic (exact) mass is 456 g/mol. The van der Waals surface area contributed by atoms with Crippen molar-refractivity contribution in [2.24, 2.45) is 0 Å². The number of hydrogen-bond acceptors (Lipinski definition) is 8. The second-order valence-electron chi connectivity index (χ2n) is 8.81. The maximum atomic E-state index is 6.07. The number of nitrogens with zero attached hydrogens (tertiary/aromatic N) is 5. The zero-order valence-electron chi connectivity index (χ0n) is 18.6. The molecule has 4 aromatic rings. The minimum atomic E-state index is 0.276. The molecule has 1 saturated heterocycles. The number of nitrogens with one attached hydrogen (secondary N) is 1. The normalized spacial score (nSPS) is 18.9. The lowest BCUT2D eigenvalue weighted by Crippen LogP contribution is -2.51. The summed E-state index contributed by atoms with van der Waals surface area (Å²) in [5.41, 5.74) is 5.66. The molecule has 1 atom stereocenters. The number of rotatable bonds is 3. The summed E-state index contributed by atoms with van der Waals surface area (Å²) in [5, 5.41) is 3.46. The number of aryl methyl sites for hydroxylation is 1. The molecule has 3 aromatic heterocycles. The van der Waals surface area contributed by atoms with Crippen LogP contribution in [0.2, 0.25) is 0 Å². The maximum absolute atomic E-state index is 6.07. The summed E-state index contributed by atoms with van der Waals surface area (Å²) in [7, 11) is 0. The van der Waals surface area contributed by atoms with Gasteiger partial charge in [-0.05, 0) is 31.0 Å². The van der Waals surface area contributed by atoms with E-state index in [4.69, 9.17) is 19.2 Å². The highest BCUT2D eigenvalue weighted by Gasteiger charge is 2.30. The molecule has 7 rings (SSSR count). The molecule has 34 heavy (non-hydrogen) atoms. The van der Waals surface area contributed by atoms with Gasteiger partial charge in [0.2, 0.25) is 5.88 Å². The van der Waals surface area contributed by atoms with Crippen LogP contribution in [0.5, 0.6) is 11.6 Å². The third-order valence-electron chi connectivity index (χ3n) is 6.62. The van der Waals surface area contributed by atoms with Crippen LogP contribution in [-0.2, 0) is 11.2 Å². The maximum Gasteiger partial charge on any atom is 0.216 e. The summed E-state index contributed by atoms with van der Waals surface area (Å²) >= 11 is 0. The second-order valence-corrected chi connectivity index (χ2v) is 8.81. The van der Waals surface area contributed by atoms with Crippen LogP contribution in [0.1, 0.15) is 12.0 Å². The Labute approximate surface area is 196 Å². The van der Waals surface area contributed by atoms with E-state index in [1.807, 2.05) is 29.1 Å². The van der Waals surface area contributed by atoms with Gasteiger partial charge in [0.25, 0.3) is 0 Å². The fraction of sp³-hybridized carbons (Fsp3) is 0.320. The number of imidazole rings is 1. The van der Waals surface area contributed by atoms with Gasteiger partial charge in [0, 0.05) is 54.2 Å². The quantitative estimate of drug-likeness (QED) is 0.502. The number of hydrogen-bond donors (Lipinski definition) is 1. The molecule has 0 radical (unpaired) electrons. The molecule has 1 fully saturated rings. The molecular weight excluding hydrogens is 432 g/mol. The minimum Gasteiger partial charge on any atom is -0.489 e. The first-order valence-corrected chi connectivity index (χ1v) is 11.7. The standard InChI is InChI=1S/C25H24N6O3/c1-2-16-10-17(12-27-25(16)33-8-1)20-13-30-6-5-26-24(30)23(29-20)28-18-3-4-21-22(11-18)34-15-19-14-32-9-7-31(19)21/h3-6,10-13,19H,1-2,7-9,14-15H2,(H,28,29). The van der Waals surface area contributed by atoms with Crippen LogP contribution in [0.15, 0.2) is 49.1 Å². The van der Waals surface area contributed by atoms with Gasteiger partial charge in [0.1, 0.15) is 12.4 Å². The molecule has 0 saturated carbocycles. The van der Waals surface area contributed by atoms with Crippen molar-refractivity contribution in [2.75, 3.05) is 43.2 Å². The molecule has 9 heteroatoms. The smallest absolute Gasteiger partial charge is 0.216 e. The topological polar surface area (TPSA) is 86.0 Å². The SMILES string of the molecule is c1cn2cc(-c3cnc4c(c3)CCCO4)nc(Nc3ccc4c(c3)OCC3COCCN43)c2n1. The van der Waals surface area contributed by atoms with E-state index in [0.717, 1.165) is 78.1 Å². The Morgan fingerprint density at radius 2 is 2.06 bits per heavy atom. The Morgan fingerprint density at radius 3 is 3.06 bits per heavy atom. The first kappa shape index (κ1) is 19.6. The fourth-order valence-electron chi connectivity index (χ4n) is 4.91. The average Bonchev–Trinajstić information content (AvgIpc) is 3.37. The number of aromatic nitrogens is 4. The molecule has 3 aliphatic rings. The Morgan fingerprint density at radius 1 is 1.06 bits per heavy atom. The predicted octanol–water partition coefficient (Wildman–Crippen LogP) is 3.46. The van der Waals surface area contributed by atoms with Gasteiger partial charge in [0.15, 0.2) is 11.5 Å². The van der Waals surface area contributed by atoms with E-state index in [1.54, 1.807) is 6.20 Å². The molecule has 0 amide bonds. The molecule has 0 bridgehead atoms. The summed E-state index contributed by atoms with van der Waals surface area (Å²) in [4.78, 5) is 16.3. The van der Waals surface area contributed by atoms with Gasteiger partial charge in [-0.25, -0.2) is 15.0 Å². The first-order chi connectivity index (χ1) is 16.8. The van der Waals surface area contributed by atoms with Gasteiger partial charge in [-0.3, -0.25) is 0 Å². The number of fused-ring (bicyclic) bond motifs is 5. The molecule has 1 unspecified atom stereocenters. The van der Waals surface area contributed by atoms with E-state index in [0.29, 0.717) is 19.0 Å². The van der Waals surface area contributed by atoms with E-state index in [9.17, 15) is 0 Å². The third-order valence-corrected chi connectivity index (χ3v) is 6.62. The Bertz CT molecular complexity index is 1390. The van der Waals surface area contributed by atoms with Crippen LogP contribution in [0.3, 0.4) is 0 Å². The van der Waals surface area contributed by atoms with Crippen LogP contribution in [0.25, 0.3) is 16.9 Å². The van der Waals surface area contributed by atoms with Crippen molar-refractivity contribution in [2.45, 2.75) is 18.9 Å². The van der Waals surface area contributed by atoms with Crippen molar-refractivity contribution >= 4 is 22.8 Å². The van der Waals surface area contributed by atoms with Crippen LogP contribution in [-0.4, -0.2) is 58.4 Å². The highest BCUT2D eigenvalue weighted by atomic mass is 16.5. The molecule has 9 nitrogen and oxygen atoms in total. The lowest BCUT2D eigenvalue weighted by molar-refractivity contribution is 0.0705. The lowest BCUT2D eigenvalue weighted by atomic mass is 10.1. The van der Waals surface area contributed by atoms with Gasteiger partial charge < -0.3 is 28.8 Å². The molecule has 0 aliphatic carbocycles. The summed E-state index contributed by atoms with van der Waals surface area (Å²) in [6.07, 6.45) is 9.48. The summed E-state index contributed by atoms with van der Waals surface area (Å²) < 4.78 is 19.3. The summed E-state index contributed by atoms with van der Waals surface area (Å²) in [6, 6.07) is 8.61. The molecule has 172 valence electrons. The molecule has 1 N–H and O–H groups in total. The van der Waals surface area contributed by atoms with Crippen LogP contribution in [0, 0.1) is 0 Å². The summed E-state index contributed by atoms with van der Waals surface area (Å²) in [6.45, 7) is 3.69. The van der Waals surface area contributed by atoms with Crippen LogP contribution < -0.4 is 19.7 Å². The highest BCUT2D eigenvalue weighted by Crippen LogP contribution is 2.38. The van der Waals surface area contributed by atoms with E-state index < -0.39 is 0 Å². The zero-order chi connectivity index (χ0) is 22.5. The van der Waals surface area contributed by atoms with E-state index in [2.05, 4.69) is 38.4 Å². The first-order valence-electron chi connectivity index (χ1n) is 11.7. The number of benzene rings is 1. The van der Waals surface area contributed by atoms with Gasteiger partial charge in [-0.2, -0.15) is 0 Å². The minimum absolute atomic E-state index is 0.276. The van der Waals surface area contributed by atoms with Gasteiger partial charge in [-0.1, -0.05) is 0 Å². The molecule has 1 aromatic carbocycles. The average molecular weight is 457 g/mol. The van der Waals surface area contributed by atoms with E-state index in [-0.39, 0.29) is 6.04 Å². The van der Waals surface area contributed by atoms with Crippen molar-refractivity contribution in [3.8, 4) is 22.9 Å². The van der Waals surface area contributed by atoms with Gasteiger partial charge in [0.05, 0.1) is 37.2 Å². The van der Waals surface area contributed by atoms with Crippen molar-refractivity contribution in [3.05, 3.63) is 54.6 Å². The highest BCUT2D eigenvalue weighted by molar-refractivity contribution is 5.76. The second kappa shape index (κ2) is 7.88. The predicted molar refractivity (Wildman–Crippen MR) is 127 cm³/mol. The fourth-order valence-corrected chi connectivity index (χ4v) is 4.91. The van der Waals surface area contributed by atoms with E-state index >= 15 is 0 Å². The molecule has 0 spiro atoms. The van der Waals surface area contributed by atoms with E-state index in [1.165, 1.54) is 0 Å². The van der Waals surface area contributed by atoms with Crippen LogP contribution >= 0.6 is 0 Å². The number of pyridine rings is 1. The van der Waals surface area contributed by atoms with Crippen molar-refractivity contribution in [3.63, 3.8) is 0 Å². The Kier molecular flexibility index (Phi) is 4.54. The largest absolute Gasteiger partial charge is 0.489 e. The molecule has 3 aliphatic heterocycles. The van der Waals surface area contributed by atoms with Gasteiger partial charge in [-0.15, -0.1) is 0 Å². The van der Waals surface area contributed by atoms with Gasteiger partial charge >= 0.3 is 0 Å². The number of ether oxygens (including phenoxy) is 3. The van der Waals surface area contributed by atoms with Crippen molar-refractivity contribution in [1.29, 1.82) is 0 Å². The summed E-state index contributed by atoms with van der Waals surface area (Å²) in [5.74, 6) is 2.28. The van der Waals surface area contributed by atoms with Crippen LogP contribution in [0.4, 0.5) is 17.2 Å². The Balaban J connectivity index is 1.24. The number of anilines is 3. The van der Waals surface area contributed by atoms with Crippen molar-refractivity contribution in [1.82, 2.24) is 19.4 Å². The lowest BCUT2D eigenvalue weighted by Gasteiger charge is -2.41. The number of morpholine rings is 1. The Hall–Kier alpha value is -3.85. The zero-order valence-corrected chi connectivity index (χ0v) is 18.6. The molecular formula is C25H24N6O3.